The molecular weight excluding hydrogens is 647 g/mol. The molecule has 1 atom stereocenters. The lowest BCUT2D eigenvalue weighted by Crippen LogP contribution is -2.37. The van der Waals surface area contributed by atoms with Gasteiger partial charge < -0.3 is 14.4 Å². The molecule has 1 unspecified atom stereocenters. The fraction of sp³-hybridized carbons (Fsp3) is 0.120. The van der Waals surface area contributed by atoms with E-state index in [0.29, 0.717) is 0 Å². The molecule has 0 amide bonds. The van der Waals surface area contributed by atoms with E-state index in [0.717, 1.165) is 54.1 Å². The summed E-state index contributed by atoms with van der Waals surface area (Å²) in [5.41, 5.74) is 11.3. The van der Waals surface area contributed by atoms with Crippen molar-refractivity contribution in [2.24, 2.45) is 0 Å². The van der Waals surface area contributed by atoms with E-state index >= 15 is 0 Å². The highest BCUT2D eigenvalue weighted by atomic mass is 16.5. The van der Waals surface area contributed by atoms with Crippen LogP contribution in [0.1, 0.15) is 38.9 Å². The molecule has 2 heterocycles. The highest BCUT2D eigenvalue weighted by Crippen LogP contribution is 2.66. The molecule has 2 aliphatic carbocycles. The molecule has 0 saturated carbocycles. The lowest BCUT2D eigenvalue weighted by molar-refractivity contribution is 0.122. The SMILES string of the molecule is C1=CC(c2ccccc2)(c2ccc(N3CCOCC3)cc2)Oc2c1c1c(c3ccccc23)-c2ccccc2C12c1cccc3ccc4cccc2c4c13. The van der Waals surface area contributed by atoms with E-state index in [2.05, 4.69) is 169 Å². The Morgan fingerprint density at radius 2 is 1.15 bits per heavy atom. The first kappa shape index (κ1) is 29.4. The van der Waals surface area contributed by atoms with Crippen molar-refractivity contribution in [2.45, 2.75) is 11.0 Å². The first-order valence-corrected chi connectivity index (χ1v) is 18.8. The topological polar surface area (TPSA) is 21.7 Å². The second-order valence-corrected chi connectivity index (χ2v) is 14.9. The van der Waals surface area contributed by atoms with Crippen LogP contribution in [0.2, 0.25) is 0 Å². The van der Waals surface area contributed by atoms with Crippen molar-refractivity contribution in [3.05, 3.63) is 197 Å². The number of hydrogen-bond donors (Lipinski definition) is 0. The largest absolute Gasteiger partial charge is 0.472 e. The van der Waals surface area contributed by atoms with Crippen LogP contribution in [0.3, 0.4) is 0 Å². The van der Waals surface area contributed by atoms with Crippen LogP contribution in [0, 0.1) is 0 Å². The Morgan fingerprint density at radius 3 is 1.89 bits per heavy atom. The molecule has 0 bridgehead atoms. The summed E-state index contributed by atoms with van der Waals surface area (Å²) in [5.74, 6) is 0.936. The van der Waals surface area contributed by atoms with E-state index < -0.39 is 11.0 Å². The number of hydrogen-bond acceptors (Lipinski definition) is 3. The van der Waals surface area contributed by atoms with Gasteiger partial charge in [0.05, 0.1) is 18.6 Å². The molecule has 3 nitrogen and oxygen atoms in total. The number of rotatable bonds is 3. The highest BCUT2D eigenvalue weighted by Gasteiger charge is 2.54. The molecule has 0 radical (unpaired) electrons. The minimum absolute atomic E-state index is 0.497. The van der Waals surface area contributed by atoms with Crippen LogP contribution in [0.15, 0.2) is 158 Å². The van der Waals surface area contributed by atoms with Crippen LogP contribution in [0.4, 0.5) is 5.69 Å². The maximum Gasteiger partial charge on any atom is 0.178 e. The van der Waals surface area contributed by atoms with Crippen molar-refractivity contribution >= 4 is 44.1 Å². The first-order valence-electron chi connectivity index (χ1n) is 18.8. The molecular formula is C50H35NO2. The number of benzene rings is 8. The average molecular weight is 682 g/mol. The fourth-order valence-electron chi connectivity index (χ4n) is 10.3. The summed E-state index contributed by atoms with van der Waals surface area (Å²) in [5, 5.41) is 7.66. The van der Waals surface area contributed by atoms with Gasteiger partial charge in [-0.25, -0.2) is 0 Å². The zero-order chi connectivity index (χ0) is 34.7. The summed E-state index contributed by atoms with van der Waals surface area (Å²) >= 11 is 0. The first-order chi connectivity index (χ1) is 26.3. The maximum absolute atomic E-state index is 7.72. The normalized spacial score (nSPS) is 18.8. The Labute approximate surface area is 308 Å². The van der Waals surface area contributed by atoms with Crippen molar-refractivity contribution in [2.75, 3.05) is 31.2 Å². The van der Waals surface area contributed by atoms with Gasteiger partial charge in [-0.15, -0.1) is 0 Å². The van der Waals surface area contributed by atoms with Crippen LogP contribution in [0.25, 0.3) is 49.5 Å². The summed E-state index contributed by atoms with van der Waals surface area (Å²) < 4.78 is 13.4. The molecule has 2 aliphatic heterocycles. The van der Waals surface area contributed by atoms with E-state index in [4.69, 9.17) is 9.47 Å². The van der Waals surface area contributed by atoms with Gasteiger partial charge in [-0.2, -0.15) is 0 Å². The molecule has 252 valence electrons. The van der Waals surface area contributed by atoms with Crippen molar-refractivity contribution in [3.8, 4) is 16.9 Å². The molecule has 4 aliphatic rings. The zero-order valence-corrected chi connectivity index (χ0v) is 29.2. The molecule has 1 saturated heterocycles. The molecule has 8 aromatic carbocycles. The summed E-state index contributed by atoms with van der Waals surface area (Å²) in [6.07, 6.45) is 4.72. The third kappa shape index (κ3) is 3.72. The molecule has 8 aromatic rings. The van der Waals surface area contributed by atoms with Crippen LogP contribution >= 0.6 is 0 Å². The van der Waals surface area contributed by atoms with E-state index in [-0.39, 0.29) is 0 Å². The van der Waals surface area contributed by atoms with Gasteiger partial charge >= 0.3 is 0 Å². The lowest BCUT2D eigenvalue weighted by atomic mass is 9.68. The van der Waals surface area contributed by atoms with Crippen molar-refractivity contribution in [3.63, 3.8) is 0 Å². The monoisotopic (exact) mass is 681 g/mol. The smallest absolute Gasteiger partial charge is 0.178 e. The molecule has 3 heteroatoms. The number of fused-ring (bicyclic) bond motifs is 12. The second kappa shape index (κ2) is 10.7. The number of ether oxygens (including phenoxy) is 2. The van der Waals surface area contributed by atoms with Gasteiger partial charge in [0.25, 0.3) is 0 Å². The summed E-state index contributed by atoms with van der Waals surface area (Å²) in [7, 11) is 0. The Balaban J connectivity index is 1.17. The van der Waals surface area contributed by atoms with Crippen LogP contribution in [-0.2, 0) is 15.8 Å². The van der Waals surface area contributed by atoms with E-state index in [1.807, 2.05) is 0 Å². The highest BCUT2D eigenvalue weighted by molar-refractivity contribution is 6.19. The van der Waals surface area contributed by atoms with E-state index in [1.54, 1.807) is 0 Å². The molecule has 1 fully saturated rings. The predicted molar refractivity (Wildman–Crippen MR) is 216 cm³/mol. The number of anilines is 1. The van der Waals surface area contributed by atoms with E-state index in [1.165, 1.54) is 66.0 Å². The number of morpholine rings is 1. The van der Waals surface area contributed by atoms with Gasteiger partial charge in [-0.1, -0.05) is 146 Å². The summed E-state index contributed by atoms with van der Waals surface area (Å²) in [4.78, 5) is 2.41. The third-order valence-corrected chi connectivity index (χ3v) is 12.5. The van der Waals surface area contributed by atoms with Crippen LogP contribution in [-0.4, -0.2) is 26.3 Å². The Morgan fingerprint density at radius 1 is 0.528 bits per heavy atom. The summed E-state index contributed by atoms with van der Waals surface area (Å²) in [6.45, 7) is 3.32. The third-order valence-electron chi connectivity index (χ3n) is 12.5. The van der Waals surface area contributed by atoms with Gasteiger partial charge in [0.15, 0.2) is 5.60 Å². The van der Waals surface area contributed by atoms with Crippen molar-refractivity contribution < 1.29 is 9.47 Å². The molecule has 12 rings (SSSR count). The summed E-state index contributed by atoms with van der Waals surface area (Å²) in [6, 6.07) is 56.2. The molecule has 0 aromatic heterocycles. The second-order valence-electron chi connectivity index (χ2n) is 14.9. The molecule has 1 spiro atoms. The number of nitrogens with zero attached hydrogens (tertiary/aromatic N) is 1. The zero-order valence-electron chi connectivity index (χ0n) is 29.2. The minimum Gasteiger partial charge on any atom is -0.472 e. The minimum atomic E-state index is -0.827. The Bertz CT molecular complexity index is 2790. The predicted octanol–water partition coefficient (Wildman–Crippen LogP) is 11.0. The van der Waals surface area contributed by atoms with Gasteiger partial charge in [0, 0.05) is 40.9 Å². The van der Waals surface area contributed by atoms with Gasteiger partial charge in [-0.3, -0.25) is 0 Å². The quantitative estimate of drug-likeness (QED) is 0.173. The van der Waals surface area contributed by atoms with E-state index in [9.17, 15) is 0 Å². The average Bonchev–Trinajstić information content (AvgIpc) is 3.72. The van der Waals surface area contributed by atoms with Crippen molar-refractivity contribution in [1.82, 2.24) is 0 Å². The molecule has 53 heavy (non-hydrogen) atoms. The van der Waals surface area contributed by atoms with Crippen molar-refractivity contribution in [1.29, 1.82) is 0 Å². The van der Waals surface area contributed by atoms with Crippen LogP contribution < -0.4 is 9.64 Å². The van der Waals surface area contributed by atoms with Crippen LogP contribution in [0.5, 0.6) is 5.75 Å². The fourth-order valence-corrected chi connectivity index (χ4v) is 10.3. The van der Waals surface area contributed by atoms with Gasteiger partial charge in [0.1, 0.15) is 5.75 Å². The van der Waals surface area contributed by atoms with Gasteiger partial charge in [-0.05, 0) is 78.5 Å². The Hall–Kier alpha value is -6.16. The molecule has 0 N–H and O–H groups in total. The van der Waals surface area contributed by atoms with Gasteiger partial charge in [0.2, 0.25) is 0 Å². The lowest BCUT2D eigenvalue weighted by Gasteiger charge is -2.39. The Kier molecular flexibility index (Phi) is 5.94. The standard InChI is InChI=1S/C50H35NO2/c1-2-12-34(13-3-1)49(35-22-24-36(25-23-35)51-28-30-52-31-29-51)27-26-40-47-46(37-14-4-5-15-38(37)48(40)53-49)39-16-6-7-17-41(39)50(47)42-18-8-10-32-20-21-33-11-9-19-43(50)45(33)44(32)42/h1-27H,28-31H2. The maximum atomic E-state index is 7.72.